The molecule has 1 aliphatic heterocycles. The lowest BCUT2D eigenvalue weighted by atomic mass is 9.94. The Balaban J connectivity index is 2.02. The predicted octanol–water partition coefficient (Wildman–Crippen LogP) is 3.52. The molecule has 0 spiro atoms. The van der Waals surface area contributed by atoms with Crippen molar-refractivity contribution >= 4 is 21.6 Å². The second-order valence-electron chi connectivity index (χ2n) is 5.90. The van der Waals surface area contributed by atoms with Crippen molar-refractivity contribution < 1.29 is 12.8 Å². The highest BCUT2D eigenvalue weighted by Gasteiger charge is 2.41. The zero-order valence-electron chi connectivity index (χ0n) is 11.8. The zero-order valence-corrected chi connectivity index (χ0v) is 13.3. The fraction of sp³-hybridized carbons (Fsp3) is 0.600. The van der Waals surface area contributed by atoms with Gasteiger partial charge in [-0.25, -0.2) is 12.8 Å². The zero-order chi connectivity index (χ0) is 15.0. The van der Waals surface area contributed by atoms with Gasteiger partial charge in [-0.15, -0.1) is 11.6 Å². The van der Waals surface area contributed by atoms with Crippen LogP contribution in [0.3, 0.4) is 0 Å². The van der Waals surface area contributed by atoms with Crippen molar-refractivity contribution in [3.63, 3.8) is 0 Å². The molecule has 1 saturated carbocycles. The van der Waals surface area contributed by atoms with Crippen molar-refractivity contribution in [2.45, 2.75) is 48.9 Å². The second kappa shape index (κ2) is 5.86. The molecular formula is C15H19ClFNO2S. The second-order valence-corrected chi connectivity index (χ2v) is 8.03. The molecule has 0 N–H and O–H groups in total. The molecule has 3 rings (SSSR count). The lowest BCUT2D eigenvalue weighted by Crippen LogP contribution is -2.46. The quantitative estimate of drug-likeness (QED) is 0.795. The molecule has 1 aromatic carbocycles. The van der Waals surface area contributed by atoms with Gasteiger partial charge in [0, 0.05) is 18.5 Å². The standard InChI is InChI=1S/C15H19ClFNO2S/c16-10-12-6-7-13(17)9-15(12)21(19,20)18-8-2-4-11-3-1-5-14(11)18/h6-7,9,11,14H,1-5,8,10H2. The number of piperidine rings is 1. The molecule has 1 heterocycles. The summed E-state index contributed by atoms with van der Waals surface area (Å²) in [7, 11) is -3.67. The Morgan fingerprint density at radius 3 is 2.76 bits per heavy atom. The molecule has 6 heteroatoms. The molecule has 0 radical (unpaired) electrons. The molecule has 1 saturated heterocycles. The third-order valence-corrected chi connectivity index (χ3v) is 7.00. The number of fused-ring (bicyclic) bond motifs is 1. The summed E-state index contributed by atoms with van der Waals surface area (Å²) in [4.78, 5) is 0.0325. The molecule has 1 aliphatic carbocycles. The molecule has 2 atom stereocenters. The fourth-order valence-corrected chi connectivity index (χ4v) is 6.01. The number of alkyl halides is 1. The van der Waals surface area contributed by atoms with Crippen molar-refractivity contribution in [1.29, 1.82) is 0 Å². The first-order valence-electron chi connectivity index (χ1n) is 7.40. The highest BCUT2D eigenvalue weighted by molar-refractivity contribution is 7.89. The van der Waals surface area contributed by atoms with Crippen LogP contribution in [0.4, 0.5) is 4.39 Å². The summed E-state index contributed by atoms with van der Waals surface area (Å²) >= 11 is 5.84. The van der Waals surface area contributed by atoms with E-state index in [0.717, 1.165) is 38.2 Å². The number of hydrogen-bond acceptors (Lipinski definition) is 2. The predicted molar refractivity (Wildman–Crippen MR) is 80.2 cm³/mol. The molecule has 21 heavy (non-hydrogen) atoms. The number of nitrogens with zero attached hydrogens (tertiary/aromatic N) is 1. The van der Waals surface area contributed by atoms with E-state index in [4.69, 9.17) is 11.6 Å². The molecule has 0 aromatic heterocycles. The number of sulfonamides is 1. The van der Waals surface area contributed by atoms with Gasteiger partial charge in [0.2, 0.25) is 10.0 Å². The Kier molecular flexibility index (Phi) is 4.26. The van der Waals surface area contributed by atoms with Gasteiger partial charge in [0.25, 0.3) is 0 Å². The summed E-state index contributed by atoms with van der Waals surface area (Å²) in [6.07, 6.45) is 5.07. The number of halogens is 2. The summed E-state index contributed by atoms with van der Waals surface area (Å²) in [6.45, 7) is 0.530. The van der Waals surface area contributed by atoms with Crippen molar-refractivity contribution in [1.82, 2.24) is 4.31 Å². The summed E-state index contributed by atoms with van der Waals surface area (Å²) in [6, 6.07) is 3.90. The minimum atomic E-state index is -3.67. The van der Waals surface area contributed by atoms with Gasteiger partial charge in [0.1, 0.15) is 5.82 Å². The van der Waals surface area contributed by atoms with Crippen LogP contribution in [0.2, 0.25) is 0 Å². The minimum absolute atomic E-state index is 0.0325. The Labute approximate surface area is 130 Å². The summed E-state index contributed by atoms with van der Waals surface area (Å²) in [5.41, 5.74) is 0.471. The summed E-state index contributed by atoms with van der Waals surface area (Å²) < 4.78 is 41.0. The largest absolute Gasteiger partial charge is 0.243 e. The van der Waals surface area contributed by atoms with E-state index in [1.54, 1.807) is 4.31 Å². The molecule has 2 aliphatic rings. The molecule has 116 valence electrons. The topological polar surface area (TPSA) is 37.4 Å². The van der Waals surface area contributed by atoms with Crippen molar-refractivity contribution in [3.8, 4) is 0 Å². The van der Waals surface area contributed by atoms with Crippen LogP contribution in [0.15, 0.2) is 23.1 Å². The van der Waals surface area contributed by atoms with Gasteiger partial charge < -0.3 is 0 Å². The molecule has 3 nitrogen and oxygen atoms in total. The van der Waals surface area contributed by atoms with E-state index in [0.29, 0.717) is 18.0 Å². The van der Waals surface area contributed by atoms with Crippen LogP contribution < -0.4 is 0 Å². The number of rotatable bonds is 3. The van der Waals surface area contributed by atoms with Crippen molar-refractivity contribution in [3.05, 3.63) is 29.6 Å². The maximum atomic E-state index is 13.5. The summed E-state index contributed by atoms with van der Waals surface area (Å²) in [5.74, 6) is -0.0134. The smallest absolute Gasteiger partial charge is 0.207 e. The first-order chi connectivity index (χ1) is 10.0. The first kappa shape index (κ1) is 15.3. The van der Waals surface area contributed by atoms with Gasteiger partial charge in [-0.1, -0.05) is 12.5 Å². The fourth-order valence-electron chi connectivity index (χ4n) is 3.71. The van der Waals surface area contributed by atoms with Gasteiger partial charge in [-0.3, -0.25) is 0 Å². The van der Waals surface area contributed by atoms with E-state index < -0.39 is 15.8 Å². The Bertz CT molecular complexity index is 635. The van der Waals surface area contributed by atoms with Gasteiger partial charge >= 0.3 is 0 Å². The van der Waals surface area contributed by atoms with E-state index in [1.807, 2.05) is 0 Å². The van der Waals surface area contributed by atoms with Gasteiger partial charge in [-0.2, -0.15) is 4.31 Å². The Morgan fingerprint density at radius 1 is 1.24 bits per heavy atom. The molecule has 0 bridgehead atoms. The molecule has 0 amide bonds. The van der Waals surface area contributed by atoms with E-state index in [1.165, 1.54) is 12.1 Å². The van der Waals surface area contributed by atoms with E-state index in [2.05, 4.69) is 0 Å². The average Bonchev–Trinajstić information content (AvgIpc) is 2.95. The third kappa shape index (κ3) is 2.71. The van der Waals surface area contributed by atoms with E-state index in [-0.39, 0.29) is 16.8 Å². The third-order valence-electron chi connectivity index (χ3n) is 4.70. The normalized spacial score (nSPS) is 26.8. The number of hydrogen-bond donors (Lipinski definition) is 0. The van der Waals surface area contributed by atoms with Crippen LogP contribution in [0.1, 0.15) is 37.7 Å². The average molecular weight is 332 g/mol. The summed E-state index contributed by atoms with van der Waals surface area (Å²) in [5, 5.41) is 0. The first-order valence-corrected chi connectivity index (χ1v) is 9.37. The van der Waals surface area contributed by atoms with Crippen LogP contribution >= 0.6 is 11.6 Å². The van der Waals surface area contributed by atoms with Gasteiger partial charge in [0.15, 0.2) is 0 Å². The molecule has 2 unspecified atom stereocenters. The highest BCUT2D eigenvalue weighted by Crippen LogP contribution is 2.40. The molecule has 1 aromatic rings. The van der Waals surface area contributed by atoms with Crippen LogP contribution in [0, 0.1) is 11.7 Å². The lowest BCUT2D eigenvalue weighted by molar-refractivity contribution is 0.202. The van der Waals surface area contributed by atoms with Gasteiger partial charge in [-0.05, 0) is 49.3 Å². The molecular weight excluding hydrogens is 313 g/mol. The van der Waals surface area contributed by atoms with Crippen LogP contribution in [0.5, 0.6) is 0 Å². The number of benzene rings is 1. The molecule has 2 fully saturated rings. The lowest BCUT2D eigenvalue weighted by Gasteiger charge is -2.37. The van der Waals surface area contributed by atoms with Crippen molar-refractivity contribution in [2.24, 2.45) is 5.92 Å². The maximum Gasteiger partial charge on any atom is 0.243 e. The monoisotopic (exact) mass is 331 g/mol. The Morgan fingerprint density at radius 2 is 2.00 bits per heavy atom. The van der Waals surface area contributed by atoms with Crippen LogP contribution in [-0.4, -0.2) is 25.3 Å². The highest BCUT2D eigenvalue weighted by atomic mass is 35.5. The van der Waals surface area contributed by atoms with E-state index >= 15 is 0 Å². The van der Waals surface area contributed by atoms with E-state index in [9.17, 15) is 12.8 Å². The Hall–Kier alpha value is -0.650. The SMILES string of the molecule is O=S(=O)(c1cc(F)ccc1CCl)N1CCCC2CCCC21. The minimum Gasteiger partial charge on any atom is -0.207 e. The van der Waals surface area contributed by atoms with Gasteiger partial charge in [0.05, 0.1) is 4.90 Å². The van der Waals surface area contributed by atoms with Crippen LogP contribution in [0.25, 0.3) is 0 Å². The van der Waals surface area contributed by atoms with Crippen LogP contribution in [-0.2, 0) is 15.9 Å². The maximum absolute atomic E-state index is 13.5. The van der Waals surface area contributed by atoms with Crippen molar-refractivity contribution in [2.75, 3.05) is 6.54 Å².